The molecule has 2 nitrogen and oxygen atoms in total. The van der Waals surface area contributed by atoms with Crippen LogP contribution in [0.1, 0.15) is 41.6 Å². The number of benzene rings is 1. The predicted molar refractivity (Wildman–Crippen MR) is 62.5 cm³/mol. The van der Waals surface area contributed by atoms with E-state index in [1.54, 1.807) is 0 Å². The van der Waals surface area contributed by atoms with Gasteiger partial charge in [-0.15, -0.1) is 0 Å². The number of aryl methyl sites for hydroxylation is 1. The Kier molecular flexibility index (Phi) is 3.18. The van der Waals surface area contributed by atoms with Crippen LogP contribution in [0.2, 0.25) is 0 Å². The molecule has 16 heavy (non-hydrogen) atoms. The average Bonchev–Trinajstić information content (AvgIpc) is 2.29. The third kappa shape index (κ3) is 2.06. The van der Waals surface area contributed by atoms with Crippen LogP contribution < -0.4 is 0 Å². The van der Waals surface area contributed by atoms with Gasteiger partial charge in [0, 0.05) is 12.0 Å². The monoisotopic (exact) mass is 216 g/mol. The summed E-state index contributed by atoms with van der Waals surface area (Å²) < 4.78 is 0. The van der Waals surface area contributed by atoms with E-state index in [2.05, 4.69) is 0 Å². The molecule has 1 aromatic rings. The molecule has 84 valence electrons. The maximum Gasteiger partial charge on any atom is 0.173 e. The molecule has 1 saturated carbocycles. The number of ketones is 2. The summed E-state index contributed by atoms with van der Waals surface area (Å²) in [5.74, 6) is -0.239. The SMILES string of the molecule is Cc1ccccc1C(=O)C1CCCCC1=O. The summed E-state index contributed by atoms with van der Waals surface area (Å²) in [7, 11) is 0. The Morgan fingerprint density at radius 2 is 2.00 bits per heavy atom. The number of rotatable bonds is 2. The number of Topliss-reactive ketones (excluding diaryl/α,β-unsaturated/α-hetero) is 2. The van der Waals surface area contributed by atoms with Gasteiger partial charge in [0.2, 0.25) is 0 Å². The van der Waals surface area contributed by atoms with Crippen molar-refractivity contribution in [3.63, 3.8) is 0 Å². The van der Waals surface area contributed by atoms with Gasteiger partial charge in [-0.3, -0.25) is 9.59 Å². The Morgan fingerprint density at radius 1 is 1.25 bits per heavy atom. The highest BCUT2D eigenvalue weighted by molar-refractivity contribution is 6.11. The molecule has 1 aromatic carbocycles. The molecule has 0 bridgehead atoms. The Labute approximate surface area is 95.7 Å². The molecule has 0 N–H and O–H groups in total. The number of carbonyl (C=O) groups is 2. The van der Waals surface area contributed by atoms with E-state index in [0.29, 0.717) is 12.0 Å². The van der Waals surface area contributed by atoms with Gasteiger partial charge in [-0.1, -0.05) is 30.7 Å². The van der Waals surface area contributed by atoms with Gasteiger partial charge >= 0.3 is 0 Å². The standard InChI is InChI=1S/C14H16O2/c1-10-6-2-3-7-11(10)14(16)12-8-4-5-9-13(12)15/h2-3,6-7,12H,4-5,8-9H2,1H3. The quantitative estimate of drug-likeness (QED) is 0.562. The summed E-state index contributed by atoms with van der Waals surface area (Å²) in [6.07, 6.45) is 3.23. The fourth-order valence-corrected chi connectivity index (χ4v) is 2.30. The third-order valence-corrected chi connectivity index (χ3v) is 3.28. The average molecular weight is 216 g/mol. The fourth-order valence-electron chi connectivity index (χ4n) is 2.30. The van der Waals surface area contributed by atoms with Gasteiger partial charge in [0.25, 0.3) is 0 Å². The van der Waals surface area contributed by atoms with Crippen molar-refractivity contribution in [3.05, 3.63) is 35.4 Å². The first-order chi connectivity index (χ1) is 7.70. The van der Waals surface area contributed by atoms with Gasteiger partial charge < -0.3 is 0 Å². The highest BCUT2D eigenvalue weighted by atomic mass is 16.1. The van der Waals surface area contributed by atoms with E-state index in [9.17, 15) is 9.59 Å². The molecule has 2 heteroatoms. The zero-order valence-electron chi connectivity index (χ0n) is 9.53. The first-order valence-corrected chi connectivity index (χ1v) is 5.82. The Balaban J connectivity index is 2.25. The fraction of sp³-hybridized carbons (Fsp3) is 0.429. The molecule has 1 unspecified atom stereocenters. The van der Waals surface area contributed by atoms with E-state index < -0.39 is 0 Å². The molecule has 0 aliphatic heterocycles. The molecule has 0 radical (unpaired) electrons. The first kappa shape index (κ1) is 11.1. The maximum absolute atomic E-state index is 12.2. The van der Waals surface area contributed by atoms with Gasteiger partial charge in [-0.25, -0.2) is 0 Å². The van der Waals surface area contributed by atoms with Crippen LogP contribution in [0, 0.1) is 12.8 Å². The highest BCUT2D eigenvalue weighted by Crippen LogP contribution is 2.25. The lowest BCUT2D eigenvalue weighted by Crippen LogP contribution is -2.27. The second kappa shape index (κ2) is 4.60. The number of hydrogen-bond donors (Lipinski definition) is 0. The molecule has 1 fully saturated rings. The highest BCUT2D eigenvalue weighted by Gasteiger charge is 2.29. The van der Waals surface area contributed by atoms with Crippen molar-refractivity contribution < 1.29 is 9.59 Å². The summed E-state index contributed by atoms with van der Waals surface area (Å²) in [5.41, 5.74) is 1.67. The zero-order valence-corrected chi connectivity index (χ0v) is 9.53. The molecule has 0 spiro atoms. The van der Waals surface area contributed by atoms with Crippen molar-refractivity contribution in [1.29, 1.82) is 0 Å². The predicted octanol–water partition coefficient (Wildman–Crippen LogP) is 2.94. The van der Waals surface area contributed by atoms with Crippen molar-refractivity contribution in [2.75, 3.05) is 0 Å². The summed E-state index contributed by atoms with van der Waals surface area (Å²) in [6.45, 7) is 1.92. The molecule has 0 aromatic heterocycles. The molecule has 1 atom stereocenters. The summed E-state index contributed by atoms with van der Waals surface area (Å²) in [6, 6.07) is 7.50. The zero-order chi connectivity index (χ0) is 11.5. The molecule has 1 aliphatic rings. The van der Waals surface area contributed by atoms with Crippen molar-refractivity contribution in [2.45, 2.75) is 32.6 Å². The minimum absolute atomic E-state index is 0.0165. The largest absolute Gasteiger partial charge is 0.299 e. The molecular weight excluding hydrogens is 200 g/mol. The first-order valence-electron chi connectivity index (χ1n) is 5.82. The summed E-state index contributed by atoms with van der Waals surface area (Å²) in [4.78, 5) is 23.9. The maximum atomic E-state index is 12.2. The van der Waals surface area contributed by atoms with Crippen LogP contribution in [0.25, 0.3) is 0 Å². The summed E-state index contributed by atoms with van der Waals surface area (Å²) in [5, 5.41) is 0. The minimum atomic E-state index is -0.380. The van der Waals surface area contributed by atoms with Gasteiger partial charge in [0.1, 0.15) is 5.78 Å². The van der Waals surface area contributed by atoms with Crippen LogP contribution in [0.3, 0.4) is 0 Å². The van der Waals surface area contributed by atoms with Crippen LogP contribution in [0.15, 0.2) is 24.3 Å². The van der Waals surface area contributed by atoms with Crippen molar-refractivity contribution in [1.82, 2.24) is 0 Å². The lowest BCUT2D eigenvalue weighted by atomic mass is 9.82. The minimum Gasteiger partial charge on any atom is -0.299 e. The van der Waals surface area contributed by atoms with Crippen LogP contribution in [-0.2, 0) is 4.79 Å². The van der Waals surface area contributed by atoms with Gasteiger partial charge in [0.15, 0.2) is 5.78 Å². The molecule has 0 amide bonds. The molecule has 2 rings (SSSR count). The molecule has 1 aliphatic carbocycles. The van der Waals surface area contributed by atoms with Gasteiger partial charge in [-0.05, 0) is 25.3 Å². The van der Waals surface area contributed by atoms with Gasteiger partial charge in [-0.2, -0.15) is 0 Å². The van der Waals surface area contributed by atoms with Crippen molar-refractivity contribution in [2.24, 2.45) is 5.92 Å². The Bertz CT molecular complexity index is 420. The topological polar surface area (TPSA) is 34.1 Å². The Morgan fingerprint density at radius 3 is 2.69 bits per heavy atom. The second-order valence-electron chi connectivity index (χ2n) is 4.44. The Hall–Kier alpha value is -1.44. The second-order valence-corrected chi connectivity index (χ2v) is 4.44. The van der Waals surface area contributed by atoms with Crippen LogP contribution in [0.5, 0.6) is 0 Å². The number of carbonyl (C=O) groups excluding carboxylic acids is 2. The molecular formula is C14H16O2. The van der Waals surface area contributed by atoms with Crippen LogP contribution >= 0.6 is 0 Å². The van der Waals surface area contributed by atoms with Crippen LogP contribution in [0.4, 0.5) is 0 Å². The van der Waals surface area contributed by atoms with E-state index in [0.717, 1.165) is 24.8 Å². The lowest BCUT2D eigenvalue weighted by Gasteiger charge is -2.19. The number of hydrogen-bond acceptors (Lipinski definition) is 2. The summed E-state index contributed by atoms with van der Waals surface area (Å²) >= 11 is 0. The lowest BCUT2D eigenvalue weighted by molar-refractivity contribution is -0.122. The molecule has 0 heterocycles. The smallest absolute Gasteiger partial charge is 0.173 e. The van der Waals surface area contributed by atoms with Crippen molar-refractivity contribution >= 4 is 11.6 Å². The van der Waals surface area contributed by atoms with Crippen LogP contribution in [-0.4, -0.2) is 11.6 Å². The van der Waals surface area contributed by atoms with E-state index >= 15 is 0 Å². The van der Waals surface area contributed by atoms with E-state index in [-0.39, 0.29) is 17.5 Å². The third-order valence-electron chi connectivity index (χ3n) is 3.28. The van der Waals surface area contributed by atoms with E-state index in [1.807, 2.05) is 31.2 Å². The van der Waals surface area contributed by atoms with Gasteiger partial charge in [0.05, 0.1) is 5.92 Å². The normalized spacial score (nSPS) is 20.8. The van der Waals surface area contributed by atoms with E-state index in [1.165, 1.54) is 0 Å². The molecule has 0 saturated heterocycles. The van der Waals surface area contributed by atoms with E-state index in [4.69, 9.17) is 0 Å². The van der Waals surface area contributed by atoms with Crippen molar-refractivity contribution in [3.8, 4) is 0 Å².